The summed E-state index contributed by atoms with van der Waals surface area (Å²) in [5.41, 5.74) is 3.32. The van der Waals surface area contributed by atoms with Crippen LogP contribution < -0.4 is 0 Å². The molecular weight excluding hydrogens is 314 g/mol. The molecule has 4 heteroatoms. The first kappa shape index (κ1) is 15.2. The SMILES string of the molecule is CCc1ccc2nc(-c3ccc(CC)s3)cc(C(=O)Cl)c2c1. The van der Waals surface area contributed by atoms with Crippen molar-refractivity contribution in [3.63, 3.8) is 0 Å². The van der Waals surface area contributed by atoms with E-state index in [-0.39, 0.29) is 0 Å². The predicted octanol–water partition coefficient (Wildman–Crippen LogP) is 5.47. The van der Waals surface area contributed by atoms with Crippen LogP contribution in [0.1, 0.15) is 34.6 Å². The van der Waals surface area contributed by atoms with Crippen molar-refractivity contribution in [2.24, 2.45) is 0 Å². The van der Waals surface area contributed by atoms with E-state index in [1.807, 2.05) is 24.3 Å². The van der Waals surface area contributed by atoms with Gasteiger partial charge in [-0.15, -0.1) is 11.3 Å². The Morgan fingerprint density at radius 1 is 1.14 bits per heavy atom. The van der Waals surface area contributed by atoms with Crippen molar-refractivity contribution in [3.8, 4) is 10.6 Å². The van der Waals surface area contributed by atoms with E-state index in [2.05, 4.69) is 26.0 Å². The molecule has 0 N–H and O–H groups in total. The van der Waals surface area contributed by atoms with Crippen LogP contribution in [0.5, 0.6) is 0 Å². The standard InChI is InChI=1S/C18H16ClNOS/c1-3-11-5-7-15-13(9-11)14(18(19)21)10-16(20-15)17-8-6-12(4-2)22-17/h5-10H,3-4H2,1-2H3. The average molecular weight is 330 g/mol. The van der Waals surface area contributed by atoms with E-state index in [0.717, 1.165) is 34.3 Å². The lowest BCUT2D eigenvalue weighted by Crippen LogP contribution is -1.96. The summed E-state index contributed by atoms with van der Waals surface area (Å²) in [6.07, 6.45) is 1.91. The van der Waals surface area contributed by atoms with Crippen molar-refractivity contribution in [2.45, 2.75) is 26.7 Å². The van der Waals surface area contributed by atoms with Crippen LogP contribution in [0.25, 0.3) is 21.5 Å². The van der Waals surface area contributed by atoms with E-state index >= 15 is 0 Å². The van der Waals surface area contributed by atoms with Gasteiger partial charge in [0.25, 0.3) is 5.24 Å². The Bertz CT molecular complexity index is 853. The number of fused-ring (bicyclic) bond motifs is 1. The topological polar surface area (TPSA) is 30.0 Å². The fourth-order valence-corrected chi connectivity index (χ4v) is 3.55. The molecule has 0 fully saturated rings. The zero-order valence-electron chi connectivity index (χ0n) is 12.5. The molecular formula is C18H16ClNOS. The zero-order chi connectivity index (χ0) is 15.7. The third-order valence-electron chi connectivity index (χ3n) is 3.76. The molecule has 0 unspecified atom stereocenters. The van der Waals surface area contributed by atoms with Gasteiger partial charge in [0.2, 0.25) is 0 Å². The average Bonchev–Trinajstić information content (AvgIpc) is 3.02. The van der Waals surface area contributed by atoms with Crippen molar-refractivity contribution in [2.75, 3.05) is 0 Å². The molecule has 3 rings (SSSR count). The molecule has 1 aromatic carbocycles. The summed E-state index contributed by atoms with van der Waals surface area (Å²) in [4.78, 5) is 18.9. The van der Waals surface area contributed by atoms with E-state index < -0.39 is 5.24 Å². The molecule has 0 radical (unpaired) electrons. The van der Waals surface area contributed by atoms with Crippen molar-refractivity contribution in [1.29, 1.82) is 0 Å². The second-order valence-electron chi connectivity index (χ2n) is 5.15. The lowest BCUT2D eigenvalue weighted by Gasteiger charge is -2.07. The molecule has 2 aromatic heterocycles. The first-order chi connectivity index (χ1) is 10.6. The highest BCUT2D eigenvalue weighted by molar-refractivity contribution is 7.15. The Balaban J connectivity index is 2.23. The Hall–Kier alpha value is -1.71. The highest BCUT2D eigenvalue weighted by Crippen LogP contribution is 2.31. The summed E-state index contributed by atoms with van der Waals surface area (Å²) in [5, 5.41) is 0.393. The largest absolute Gasteiger partial charge is 0.276 e. The molecule has 0 saturated heterocycles. The molecule has 22 heavy (non-hydrogen) atoms. The summed E-state index contributed by atoms with van der Waals surface area (Å²) in [7, 11) is 0. The van der Waals surface area contributed by atoms with Gasteiger partial charge in [-0.25, -0.2) is 4.98 Å². The summed E-state index contributed by atoms with van der Waals surface area (Å²) in [6.45, 7) is 4.21. The number of aromatic nitrogens is 1. The quantitative estimate of drug-likeness (QED) is 0.594. The number of thiophene rings is 1. The van der Waals surface area contributed by atoms with Crippen LogP contribution in [0.15, 0.2) is 36.4 Å². The Labute approximate surface area is 138 Å². The maximum absolute atomic E-state index is 11.8. The number of aryl methyl sites for hydroxylation is 2. The highest BCUT2D eigenvalue weighted by Gasteiger charge is 2.13. The molecule has 0 aliphatic heterocycles. The fourth-order valence-electron chi connectivity index (χ4n) is 2.49. The first-order valence-corrected chi connectivity index (χ1v) is 8.54. The molecule has 0 spiro atoms. The number of carbonyl (C=O) groups is 1. The normalized spacial score (nSPS) is 11.0. The highest BCUT2D eigenvalue weighted by atomic mass is 35.5. The summed E-state index contributed by atoms with van der Waals surface area (Å²) < 4.78 is 0. The van der Waals surface area contributed by atoms with Crippen molar-refractivity contribution < 1.29 is 4.79 Å². The minimum Gasteiger partial charge on any atom is -0.276 e. The summed E-state index contributed by atoms with van der Waals surface area (Å²) in [6, 6.07) is 12.0. The molecule has 0 saturated carbocycles. The summed E-state index contributed by atoms with van der Waals surface area (Å²) in [5.74, 6) is 0. The van der Waals surface area contributed by atoms with E-state index in [1.165, 1.54) is 10.4 Å². The van der Waals surface area contributed by atoms with Gasteiger partial charge in [0.15, 0.2) is 0 Å². The van der Waals surface area contributed by atoms with E-state index in [9.17, 15) is 4.79 Å². The van der Waals surface area contributed by atoms with Crippen LogP contribution in [0.2, 0.25) is 0 Å². The van der Waals surface area contributed by atoms with Gasteiger partial charge >= 0.3 is 0 Å². The minimum absolute atomic E-state index is 0.436. The van der Waals surface area contributed by atoms with Gasteiger partial charge in [0.05, 0.1) is 16.1 Å². The Morgan fingerprint density at radius 3 is 2.59 bits per heavy atom. The number of hydrogen-bond acceptors (Lipinski definition) is 3. The zero-order valence-corrected chi connectivity index (χ0v) is 14.1. The van der Waals surface area contributed by atoms with E-state index in [1.54, 1.807) is 11.3 Å². The monoisotopic (exact) mass is 329 g/mol. The van der Waals surface area contributed by atoms with Crippen LogP contribution in [0.4, 0.5) is 0 Å². The third kappa shape index (κ3) is 2.79. The lowest BCUT2D eigenvalue weighted by molar-refractivity contribution is 0.108. The van der Waals surface area contributed by atoms with Crippen LogP contribution in [-0.4, -0.2) is 10.2 Å². The van der Waals surface area contributed by atoms with Crippen molar-refractivity contribution in [3.05, 3.63) is 52.4 Å². The van der Waals surface area contributed by atoms with Crippen LogP contribution >= 0.6 is 22.9 Å². The Kier molecular flexibility index (Phi) is 4.27. The van der Waals surface area contributed by atoms with Gasteiger partial charge < -0.3 is 0 Å². The number of pyridine rings is 1. The predicted molar refractivity (Wildman–Crippen MR) is 94.0 cm³/mol. The first-order valence-electron chi connectivity index (χ1n) is 7.35. The Morgan fingerprint density at radius 2 is 1.95 bits per heavy atom. The molecule has 3 aromatic rings. The number of carbonyl (C=O) groups excluding carboxylic acids is 1. The van der Waals surface area contributed by atoms with Gasteiger partial charge in [0, 0.05) is 15.8 Å². The van der Waals surface area contributed by atoms with E-state index in [4.69, 9.17) is 16.6 Å². The number of benzene rings is 1. The van der Waals surface area contributed by atoms with Gasteiger partial charge in [-0.3, -0.25) is 4.79 Å². The maximum Gasteiger partial charge on any atom is 0.253 e. The van der Waals surface area contributed by atoms with Crippen LogP contribution in [0.3, 0.4) is 0 Å². The van der Waals surface area contributed by atoms with E-state index in [0.29, 0.717) is 5.56 Å². The molecule has 112 valence electrons. The maximum atomic E-state index is 11.8. The molecule has 0 aliphatic rings. The molecule has 0 aliphatic carbocycles. The second-order valence-corrected chi connectivity index (χ2v) is 6.66. The van der Waals surface area contributed by atoms with Gasteiger partial charge in [-0.1, -0.05) is 19.9 Å². The van der Waals surface area contributed by atoms with Crippen LogP contribution in [0, 0.1) is 0 Å². The number of rotatable bonds is 4. The number of hydrogen-bond donors (Lipinski definition) is 0. The number of halogens is 1. The molecule has 0 amide bonds. The van der Waals surface area contributed by atoms with Crippen LogP contribution in [-0.2, 0) is 12.8 Å². The summed E-state index contributed by atoms with van der Waals surface area (Å²) >= 11 is 7.51. The smallest absolute Gasteiger partial charge is 0.253 e. The number of nitrogens with zero attached hydrogens (tertiary/aromatic N) is 1. The van der Waals surface area contributed by atoms with Gasteiger partial charge in [-0.2, -0.15) is 0 Å². The third-order valence-corrected chi connectivity index (χ3v) is 5.21. The lowest BCUT2D eigenvalue weighted by atomic mass is 10.0. The molecule has 0 bridgehead atoms. The van der Waals surface area contributed by atoms with Crippen molar-refractivity contribution in [1.82, 2.24) is 4.98 Å². The minimum atomic E-state index is -0.436. The fraction of sp³-hybridized carbons (Fsp3) is 0.222. The molecule has 0 atom stereocenters. The van der Waals surface area contributed by atoms with Gasteiger partial charge in [0.1, 0.15) is 0 Å². The van der Waals surface area contributed by atoms with Gasteiger partial charge in [-0.05, 0) is 60.3 Å². The second kappa shape index (κ2) is 6.19. The molecule has 2 nitrogen and oxygen atoms in total. The van der Waals surface area contributed by atoms with Crippen molar-refractivity contribution >= 4 is 39.1 Å². The molecule has 2 heterocycles.